The van der Waals surface area contributed by atoms with Crippen LogP contribution < -0.4 is 15.5 Å². The summed E-state index contributed by atoms with van der Waals surface area (Å²) in [6, 6.07) is 18.7. The average Bonchev–Trinajstić information content (AvgIpc) is 2.76. The SMILES string of the molecule is O=C(Nc1ccc2c(c1)CCC(=O)N2Cc1ccccc1)Nc1ccccc1C(F)(F)F. The number of amides is 3. The molecule has 3 amide bonds. The minimum atomic E-state index is -4.58. The van der Waals surface area contributed by atoms with Crippen LogP contribution in [0.5, 0.6) is 0 Å². The van der Waals surface area contributed by atoms with Crippen LogP contribution in [0.3, 0.4) is 0 Å². The molecule has 0 aliphatic carbocycles. The van der Waals surface area contributed by atoms with Gasteiger partial charge >= 0.3 is 12.2 Å². The molecule has 3 aromatic rings. The molecule has 4 rings (SSSR count). The number of benzene rings is 3. The van der Waals surface area contributed by atoms with E-state index < -0.39 is 17.8 Å². The molecule has 2 N–H and O–H groups in total. The van der Waals surface area contributed by atoms with Crippen LogP contribution in [0.25, 0.3) is 0 Å². The lowest BCUT2D eigenvalue weighted by Crippen LogP contribution is -2.34. The maximum absolute atomic E-state index is 13.1. The molecule has 5 nitrogen and oxygen atoms in total. The molecule has 0 saturated heterocycles. The molecule has 0 spiro atoms. The summed E-state index contributed by atoms with van der Waals surface area (Å²) in [4.78, 5) is 26.5. The van der Waals surface area contributed by atoms with E-state index in [1.165, 1.54) is 18.2 Å². The third-order valence-corrected chi connectivity index (χ3v) is 5.20. The number of alkyl halides is 3. The van der Waals surface area contributed by atoms with E-state index in [9.17, 15) is 22.8 Å². The Morgan fingerprint density at radius 3 is 2.38 bits per heavy atom. The number of hydrogen-bond acceptors (Lipinski definition) is 2. The van der Waals surface area contributed by atoms with E-state index in [0.29, 0.717) is 25.1 Å². The highest BCUT2D eigenvalue weighted by Gasteiger charge is 2.33. The molecular weight excluding hydrogens is 419 g/mol. The predicted octanol–water partition coefficient (Wildman–Crippen LogP) is 5.83. The first-order chi connectivity index (χ1) is 15.3. The van der Waals surface area contributed by atoms with Crippen molar-refractivity contribution in [3.8, 4) is 0 Å². The molecule has 1 aliphatic rings. The van der Waals surface area contributed by atoms with Gasteiger partial charge in [-0.2, -0.15) is 13.2 Å². The molecule has 3 aromatic carbocycles. The van der Waals surface area contributed by atoms with Crippen molar-refractivity contribution in [3.05, 3.63) is 89.5 Å². The third-order valence-electron chi connectivity index (χ3n) is 5.20. The van der Waals surface area contributed by atoms with Crippen LogP contribution in [0.1, 0.15) is 23.1 Å². The van der Waals surface area contributed by atoms with E-state index >= 15 is 0 Å². The number of rotatable bonds is 4. The number of anilines is 3. The largest absolute Gasteiger partial charge is 0.418 e. The van der Waals surface area contributed by atoms with Crippen LogP contribution in [-0.4, -0.2) is 11.9 Å². The molecule has 0 saturated carbocycles. The van der Waals surface area contributed by atoms with Crippen molar-refractivity contribution >= 4 is 29.0 Å². The van der Waals surface area contributed by atoms with Crippen molar-refractivity contribution in [2.24, 2.45) is 0 Å². The monoisotopic (exact) mass is 439 g/mol. The van der Waals surface area contributed by atoms with Crippen LogP contribution in [0.15, 0.2) is 72.8 Å². The van der Waals surface area contributed by atoms with E-state index in [4.69, 9.17) is 0 Å². The number of carbonyl (C=O) groups is 2. The van der Waals surface area contributed by atoms with Gasteiger partial charge in [0.25, 0.3) is 0 Å². The van der Waals surface area contributed by atoms with Crippen molar-refractivity contribution in [1.82, 2.24) is 0 Å². The molecule has 1 aliphatic heterocycles. The Morgan fingerprint density at radius 2 is 1.62 bits per heavy atom. The lowest BCUT2D eigenvalue weighted by molar-refractivity contribution is -0.136. The number of fused-ring (bicyclic) bond motifs is 1. The van der Waals surface area contributed by atoms with Gasteiger partial charge < -0.3 is 15.5 Å². The molecule has 0 unspecified atom stereocenters. The molecular formula is C24H20F3N3O2. The van der Waals surface area contributed by atoms with Gasteiger partial charge in [-0.15, -0.1) is 0 Å². The number of hydrogen-bond donors (Lipinski definition) is 2. The Balaban J connectivity index is 1.50. The Hall–Kier alpha value is -3.81. The summed E-state index contributed by atoms with van der Waals surface area (Å²) in [5.41, 5.74) is 1.83. The van der Waals surface area contributed by atoms with Gasteiger partial charge in [0.15, 0.2) is 0 Å². The Morgan fingerprint density at radius 1 is 0.906 bits per heavy atom. The summed E-state index contributed by atoms with van der Waals surface area (Å²) in [5, 5.41) is 4.83. The minimum absolute atomic E-state index is 0.0172. The molecule has 0 radical (unpaired) electrons. The Bertz CT molecular complexity index is 1150. The number of nitrogens with zero attached hydrogens (tertiary/aromatic N) is 1. The van der Waals surface area contributed by atoms with Crippen molar-refractivity contribution in [3.63, 3.8) is 0 Å². The molecule has 0 aromatic heterocycles. The number of aryl methyl sites for hydroxylation is 1. The topological polar surface area (TPSA) is 61.4 Å². The summed E-state index contributed by atoms with van der Waals surface area (Å²) in [6.45, 7) is 0.439. The molecule has 1 heterocycles. The lowest BCUT2D eigenvalue weighted by atomic mass is 9.99. The minimum Gasteiger partial charge on any atom is -0.308 e. The summed E-state index contributed by atoms with van der Waals surface area (Å²) in [5.74, 6) is 0.0172. The molecule has 0 atom stereocenters. The van der Waals surface area contributed by atoms with E-state index in [0.717, 1.165) is 22.9 Å². The van der Waals surface area contributed by atoms with Crippen LogP contribution in [0.2, 0.25) is 0 Å². The normalized spacial score (nSPS) is 13.5. The third kappa shape index (κ3) is 4.74. The fourth-order valence-electron chi connectivity index (χ4n) is 3.70. The second kappa shape index (κ2) is 8.74. The van der Waals surface area contributed by atoms with Gasteiger partial charge in [-0.25, -0.2) is 4.79 Å². The maximum atomic E-state index is 13.1. The zero-order valence-electron chi connectivity index (χ0n) is 16.9. The molecule has 8 heteroatoms. The van der Waals surface area contributed by atoms with Gasteiger partial charge in [0.1, 0.15) is 0 Å². The first kappa shape index (κ1) is 21.4. The maximum Gasteiger partial charge on any atom is 0.418 e. The highest BCUT2D eigenvalue weighted by molar-refractivity contribution is 6.01. The van der Waals surface area contributed by atoms with Crippen molar-refractivity contribution < 1.29 is 22.8 Å². The summed E-state index contributed by atoms with van der Waals surface area (Å²) >= 11 is 0. The van der Waals surface area contributed by atoms with Crippen LogP contribution >= 0.6 is 0 Å². The number of nitrogens with one attached hydrogen (secondary N) is 2. The van der Waals surface area contributed by atoms with Crippen molar-refractivity contribution in [2.45, 2.75) is 25.6 Å². The first-order valence-corrected chi connectivity index (χ1v) is 10.0. The zero-order valence-corrected chi connectivity index (χ0v) is 16.9. The standard InChI is InChI=1S/C24H20F3N3O2/c25-24(26,27)19-8-4-5-9-20(19)29-23(32)28-18-11-12-21-17(14-18)10-13-22(31)30(21)15-16-6-2-1-3-7-16/h1-9,11-12,14H,10,13,15H2,(H2,28,29,32). The van der Waals surface area contributed by atoms with Gasteiger partial charge in [-0.3, -0.25) is 4.79 Å². The van der Waals surface area contributed by atoms with Crippen molar-refractivity contribution in [1.29, 1.82) is 0 Å². The van der Waals surface area contributed by atoms with Gasteiger partial charge in [0, 0.05) is 17.8 Å². The Kier molecular flexibility index (Phi) is 5.85. The first-order valence-electron chi connectivity index (χ1n) is 10.0. The zero-order chi connectivity index (χ0) is 22.7. The average molecular weight is 439 g/mol. The van der Waals surface area contributed by atoms with E-state index in [1.54, 1.807) is 23.1 Å². The highest BCUT2D eigenvalue weighted by atomic mass is 19.4. The predicted molar refractivity (Wildman–Crippen MR) is 116 cm³/mol. The van der Waals surface area contributed by atoms with Gasteiger partial charge in [-0.1, -0.05) is 42.5 Å². The smallest absolute Gasteiger partial charge is 0.308 e. The summed E-state index contributed by atoms with van der Waals surface area (Å²) in [7, 11) is 0. The van der Waals surface area contributed by atoms with Crippen LogP contribution in [-0.2, 0) is 23.9 Å². The van der Waals surface area contributed by atoms with E-state index in [-0.39, 0.29) is 11.6 Å². The summed E-state index contributed by atoms with van der Waals surface area (Å²) < 4.78 is 39.4. The van der Waals surface area contributed by atoms with E-state index in [1.807, 2.05) is 30.3 Å². The summed E-state index contributed by atoms with van der Waals surface area (Å²) in [6.07, 6.45) is -3.72. The van der Waals surface area contributed by atoms with Gasteiger partial charge in [0.2, 0.25) is 5.91 Å². The quantitative estimate of drug-likeness (QED) is 0.537. The number of halogens is 3. The van der Waals surface area contributed by atoms with E-state index in [2.05, 4.69) is 10.6 Å². The fourth-order valence-corrected chi connectivity index (χ4v) is 3.70. The van der Waals surface area contributed by atoms with Gasteiger partial charge in [0.05, 0.1) is 17.8 Å². The molecule has 0 bridgehead atoms. The second-order valence-electron chi connectivity index (χ2n) is 7.43. The van der Waals surface area contributed by atoms with Crippen molar-refractivity contribution in [2.75, 3.05) is 15.5 Å². The lowest BCUT2D eigenvalue weighted by Gasteiger charge is -2.30. The second-order valence-corrected chi connectivity index (χ2v) is 7.43. The van der Waals surface area contributed by atoms with Crippen LogP contribution in [0.4, 0.5) is 35.0 Å². The fraction of sp³-hybridized carbons (Fsp3) is 0.167. The molecule has 164 valence electrons. The Labute approximate surface area is 182 Å². The highest BCUT2D eigenvalue weighted by Crippen LogP contribution is 2.35. The molecule has 0 fully saturated rings. The van der Waals surface area contributed by atoms with Gasteiger partial charge in [-0.05, 0) is 47.9 Å². The number of carbonyl (C=O) groups excluding carboxylic acids is 2. The molecule has 32 heavy (non-hydrogen) atoms. The number of para-hydroxylation sites is 1. The number of urea groups is 1. The van der Waals surface area contributed by atoms with Crippen LogP contribution in [0, 0.1) is 0 Å².